The minimum absolute atomic E-state index is 0.0232. The molecule has 2 amide bonds. The van der Waals surface area contributed by atoms with Crippen LogP contribution in [-0.4, -0.2) is 41.5 Å². The van der Waals surface area contributed by atoms with Gasteiger partial charge in [0.1, 0.15) is 11.5 Å². The summed E-state index contributed by atoms with van der Waals surface area (Å²) in [4.78, 5) is 25.6. The highest BCUT2D eigenvalue weighted by Crippen LogP contribution is 2.33. The van der Waals surface area contributed by atoms with E-state index in [2.05, 4.69) is 5.32 Å². The van der Waals surface area contributed by atoms with E-state index in [0.29, 0.717) is 41.9 Å². The molecule has 1 aliphatic heterocycles. The van der Waals surface area contributed by atoms with E-state index in [9.17, 15) is 9.59 Å². The van der Waals surface area contributed by atoms with E-state index in [1.165, 1.54) is 11.8 Å². The Morgan fingerprint density at radius 3 is 2.64 bits per heavy atom. The van der Waals surface area contributed by atoms with Crippen LogP contribution in [0.1, 0.15) is 13.3 Å². The summed E-state index contributed by atoms with van der Waals surface area (Å²) in [7, 11) is 0. The lowest BCUT2D eigenvalue weighted by atomic mass is 10.2. The first-order valence-electron chi connectivity index (χ1n) is 8.97. The summed E-state index contributed by atoms with van der Waals surface area (Å²) >= 11 is 7.36. The number of hydrogen-bond acceptors (Lipinski definition) is 5. The van der Waals surface area contributed by atoms with Crippen LogP contribution in [0.3, 0.4) is 0 Å². The van der Waals surface area contributed by atoms with Crippen molar-refractivity contribution in [2.24, 2.45) is 0 Å². The number of ether oxygens (including phenoxy) is 2. The highest BCUT2D eigenvalue weighted by atomic mass is 35.5. The molecule has 0 atom stereocenters. The maximum absolute atomic E-state index is 12.3. The number of carbonyl (C=O) groups is 2. The maximum Gasteiger partial charge on any atom is 0.281 e. The molecule has 0 unspecified atom stereocenters. The Kier molecular flexibility index (Phi) is 7.06. The van der Waals surface area contributed by atoms with Gasteiger partial charge in [0.05, 0.1) is 12.3 Å². The molecule has 148 valence electrons. The van der Waals surface area contributed by atoms with Crippen molar-refractivity contribution >= 4 is 40.2 Å². The van der Waals surface area contributed by atoms with Gasteiger partial charge >= 0.3 is 0 Å². The number of amides is 2. The molecule has 0 spiro atoms. The van der Waals surface area contributed by atoms with Gasteiger partial charge in [0.2, 0.25) is 5.91 Å². The summed E-state index contributed by atoms with van der Waals surface area (Å²) in [6.45, 7) is 3.59. The number of thioether (sulfide) groups is 1. The van der Waals surface area contributed by atoms with Crippen LogP contribution in [0, 0.1) is 0 Å². The largest absolute Gasteiger partial charge is 0.494 e. The Hall–Kier alpha value is -2.38. The molecule has 2 aromatic rings. The van der Waals surface area contributed by atoms with E-state index >= 15 is 0 Å². The van der Waals surface area contributed by atoms with Crippen molar-refractivity contribution in [3.63, 3.8) is 0 Å². The van der Waals surface area contributed by atoms with Crippen LogP contribution in [0.15, 0.2) is 42.5 Å². The van der Waals surface area contributed by atoms with Gasteiger partial charge in [-0.15, -0.1) is 0 Å². The monoisotopic (exact) mass is 420 g/mol. The number of nitrogens with zero attached hydrogens (tertiary/aromatic N) is 1. The molecule has 0 saturated carbocycles. The molecular formula is C20H21ClN2O4S. The van der Waals surface area contributed by atoms with Gasteiger partial charge in [0.15, 0.2) is 5.75 Å². The molecule has 0 bridgehead atoms. The standard InChI is InChI=1S/C20H21ClN2O4S/c1-2-26-15-4-6-16(7-5-15)27-18-8-3-14(21)13-17(18)22-19(24)9-10-23-11-12-28-20(23)25/h3-8,13H,2,9-12H2,1H3,(H,22,24). The number of nitrogens with one attached hydrogen (secondary N) is 1. The van der Waals surface area contributed by atoms with Crippen molar-refractivity contribution in [1.29, 1.82) is 0 Å². The summed E-state index contributed by atoms with van der Waals surface area (Å²) in [6, 6.07) is 12.3. The first kappa shape index (κ1) is 20.4. The van der Waals surface area contributed by atoms with Crippen LogP contribution in [0.4, 0.5) is 10.5 Å². The summed E-state index contributed by atoms with van der Waals surface area (Å²) in [5.41, 5.74) is 0.480. The zero-order valence-corrected chi connectivity index (χ0v) is 17.0. The van der Waals surface area contributed by atoms with Crippen LogP contribution >= 0.6 is 23.4 Å². The van der Waals surface area contributed by atoms with Crippen molar-refractivity contribution in [2.75, 3.05) is 30.8 Å². The van der Waals surface area contributed by atoms with E-state index in [-0.39, 0.29) is 17.6 Å². The number of hydrogen-bond donors (Lipinski definition) is 1. The Morgan fingerprint density at radius 1 is 1.21 bits per heavy atom. The molecule has 6 nitrogen and oxygen atoms in total. The van der Waals surface area contributed by atoms with Gasteiger partial charge in [-0.25, -0.2) is 0 Å². The lowest BCUT2D eigenvalue weighted by Gasteiger charge is -2.16. The zero-order valence-electron chi connectivity index (χ0n) is 15.4. The van der Waals surface area contributed by atoms with E-state index in [1.54, 1.807) is 35.2 Å². The fourth-order valence-electron chi connectivity index (χ4n) is 2.66. The molecule has 0 radical (unpaired) electrons. The first-order valence-corrected chi connectivity index (χ1v) is 10.3. The third-order valence-electron chi connectivity index (χ3n) is 4.03. The molecular weight excluding hydrogens is 400 g/mol. The second-order valence-corrected chi connectivity index (χ2v) is 7.53. The van der Waals surface area contributed by atoms with Gasteiger partial charge < -0.3 is 19.7 Å². The van der Waals surface area contributed by atoms with E-state index in [1.807, 2.05) is 19.1 Å². The number of rotatable bonds is 8. The maximum atomic E-state index is 12.3. The average Bonchev–Trinajstić information content (AvgIpc) is 3.09. The number of halogens is 1. The molecule has 1 saturated heterocycles. The summed E-state index contributed by atoms with van der Waals surface area (Å²) in [6.07, 6.45) is 0.210. The van der Waals surface area contributed by atoms with Gasteiger partial charge in [-0.05, 0) is 49.4 Å². The summed E-state index contributed by atoms with van der Waals surface area (Å²) in [5.74, 6) is 2.42. The zero-order chi connectivity index (χ0) is 19.9. The van der Waals surface area contributed by atoms with Crippen molar-refractivity contribution < 1.29 is 19.1 Å². The van der Waals surface area contributed by atoms with Crippen molar-refractivity contribution in [3.8, 4) is 17.2 Å². The SMILES string of the molecule is CCOc1ccc(Oc2ccc(Cl)cc2NC(=O)CCN2CCSC2=O)cc1. The molecule has 8 heteroatoms. The van der Waals surface area contributed by atoms with Crippen molar-refractivity contribution in [2.45, 2.75) is 13.3 Å². The van der Waals surface area contributed by atoms with E-state index in [0.717, 1.165) is 11.5 Å². The lowest BCUT2D eigenvalue weighted by Crippen LogP contribution is -2.27. The Labute approximate surface area is 173 Å². The second-order valence-electron chi connectivity index (χ2n) is 6.05. The Bertz CT molecular complexity index is 845. The van der Waals surface area contributed by atoms with Crippen LogP contribution in [-0.2, 0) is 4.79 Å². The van der Waals surface area contributed by atoms with Gasteiger partial charge in [-0.2, -0.15) is 0 Å². The molecule has 3 rings (SSSR count). The first-order chi connectivity index (χ1) is 13.5. The van der Waals surface area contributed by atoms with Gasteiger partial charge in [-0.3, -0.25) is 9.59 Å². The third kappa shape index (κ3) is 5.56. The highest BCUT2D eigenvalue weighted by Gasteiger charge is 2.21. The lowest BCUT2D eigenvalue weighted by molar-refractivity contribution is -0.116. The van der Waals surface area contributed by atoms with Crippen molar-refractivity contribution in [1.82, 2.24) is 4.90 Å². The van der Waals surface area contributed by atoms with Gasteiger partial charge in [-0.1, -0.05) is 23.4 Å². The highest BCUT2D eigenvalue weighted by molar-refractivity contribution is 8.13. The summed E-state index contributed by atoms with van der Waals surface area (Å²) in [5, 5.41) is 3.33. The topological polar surface area (TPSA) is 67.9 Å². The quantitative estimate of drug-likeness (QED) is 0.648. The van der Waals surface area contributed by atoms with Crippen LogP contribution in [0.25, 0.3) is 0 Å². The molecule has 0 aliphatic carbocycles. The fraction of sp³-hybridized carbons (Fsp3) is 0.300. The molecule has 1 aliphatic rings. The number of anilines is 1. The average molecular weight is 421 g/mol. The number of benzene rings is 2. The Balaban J connectivity index is 1.64. The molecule has 28 heavy (non-hydrogen) atoms. The van der Waals surface area contributed by atoms with E-state index < -0.39 is 0 Å². The van der Waals surface area contributed by atoms with Gasteiger partial charge in [0.25, 0.3) is 5.24 Å². The fourth-order valence-corrected chi connectivity index (χ4v) is 3.69. The summed E-state index contributed by atoms with van der Waals surface area (Å²) < 4.78 is 11.3. The van der Waals surface area contributed by atoms with E-state index in [4.69, 9.17) is 21.1 Å². The third-order valence-corrected chi connectivity index (χ3v) is 5.16. The smallest absolute Gasteiger partial charge is 0.281 e. The molecule has 1 N–H and O–H groups in total. The Morgan fingerprint density at radius 2 is 1.96 bits per heavy atom. The van der Waals surface area contributed by atoms with Crippen molar-refractivity contribution in [3.05, 3.63) is 47.5 Å². The normalized spacial score (nSPS) is 13.5. The molecule has 0 aromatic heterocycles. The molecule has 1 heterocycles. The predicted molar refractivity (Wildman–Crippen MR) is 112 cm³/mol. The second kappa shape index (κ2) is 9.71. The molecule has 2 aromatic carbocycles. The predicted octanol–water partition coefficient (Wildman–Crippen LogP) is 5.03. The molecule has 1 fully saturated rings. The minimum atomic E-state index is -0.205. The minimum Gasteiger partial charge on any atom is -0.494 e. The van der Waals surface area contributed by atoms with Crippen LogP contribution in [0.5, 0.6) is 17.2 Å². The number of carbonyl (C=O) groups excluding carboxylic acids is 2. The van der Waals surface area contributed by atoms with Crippen LogP contribution in [0.2, 0.25) is 5.02 Å². The van der Waals surface area contributed by atoms with Gasteiger partial charge in [0, 0.05) is 30.3 Å². The van der Waals surface area contributed by atoms with Crippen LogP contribution < -0.4 is 14.8 Å².